The third kappa shape index (κ3) is 7.13. The molecule has 0 bridgehead atoms. The topological polar surface area (TPSA) is 60.0 Å². The van der Waals surface area contributed by atoms with E-state index in [0.29, 0.717) is 19.0 Å². The first kappa shape index (κ1) is 23.9. The fourth-order valence-corrected chi connectivity index (χ4v) is 3.79. The number of hydrogen-bond acceptors (Lipinski definition) is 3. The van der Waals surface area contributed by atoms with Gasteiger partial charge in [-0.1, -0.05) is 12.1 Å². The molecule has 1 aromatic carbocycles. The van der Waals surface area contributed by atoms with Crippen molar-refractivity contribution in [3.63, 3.8) is 0 Å². The Hall–Kier alpha value is -1.35. The van der Waals surface area contributed by atoms with Crippen LogP contribution in [-0.2, 0) is 11.3 Å². The molecule has 162 valence electrons. The van der Waals surface area contributed by atoms with Crippen LogP contribution in [0.4, 0.5) is 5.69 Å². The van der Waals surface area contributed by atoms with Crippen molar-refractivity contribution in [1.82, 2.24) is 15.5 Å². The van der Waals surface area contributed by atoms with Crippen molar-refractivity contribution in [3.8, 4) is 0 Å². The van der Waals surface area contributed by atoms with Gasteiger partial charge in [-0.3, -0.25) is 9.69 Å². The fourth-order valence-electron chi connectivity index (χ4n) is 3.79. The number of aliphatic imine (C=N–C) groups is 1. The number of benzene rings is 1. The Morgan fingerprint density at radius 3 is 2.52 bits per heavy atom. The second-order valence-corrected chi connectivity index (χ2v) is 8.00. The molecule has 1 saturated carbocycles. The lowest BCUT2D eigenvalue weighted by Gasteiger charge is -2.26. The zero-order valence-electron chi connectivity index (χ0n) is 18.0. The molecule has 1 aromatic rings. The summed E-state index contributed by atoms with van der Waals surface area (Å²) in [5.74, 6) is 1.09. The monoisotopic (exact) mass is 513 g/mol. The molecule has 0 spiro atoms. The van der Waals surface area contributed by atoms with Crippen molar-refractivity contribution in [1.29, 1.82) is 0 Å². The minimum absolute atomic E-state index is 0. The number of rotatable bonds is 9. The normalized spacial score (nSPS) is 17.1. The highest BCUT2D eigenvalue weighted by molar-refractivity contribution is 14.0. The number of guanidine groups is 1. The molecule has 7 heteroatoms. The summed E-state index contributed by atoms with van der Waals surface area (Å²) in [4.78, 5) is 21.0. The summed E-state index contributed by atoms with van der Waals surface area (Å²) in [7, 11) is 0. The Kier molecular flexibility index (Phi) is 9.68. The third-order valence-electron chi connectivity index (χ3n) is 5.43. The van der Waals surface area contributed by atoms with Gasteiger partial charge in [0.25, 0.3) is 0 Å². The summed E-state index contributed by atoms with van der Waals surface area (Å²) in [6.07, 6.45) is 4.30. The quantitative estimate of drug-likeness (QED) is 0.302. The summed E-state index contributed by atoms with van der Waals surface area (Å²) in [6, 6.07) is 9.58. The highest BCUT2D eigenvalue weighted by Gasteiger charge is 2.30. The van der Waals surface area contributed by atoms with Crippen LogP contribution in [-0.4, -0.2) is 55.0 Å². The smallest absolute Gasteiger partial charge is 0.227 e. The second kappa shape index (κ2) is 11.7. The Labute approximate surface area is 192 Å². The molecule has 29 heavy (non-hydrogen) atoms. The Morgan fingerprint density at radius 2 is 1.97 bits per heavy atom. The van der Waals surface area contributed by atoms with Gasteiger partial charge in [-0.05, 0) is 57.7 Å². The molecule has 2 aliphatic rings. The summed E-state index contributed by atoms with van der Waals surface area (Å²) < 4.78 is 0. The fraction of sp³-hybridized carbons (Fsp3) is 0.636. The van der Waals surface area contributed by atoms with Gasteiger partial charge in [0.15, 0.2) is 5.96 Å². The SMILES string of the molecule is CCNC(=NCc1ccc(N2CCCC2=O)cc1)NCCN(C(C)C)C1CC1.I. The standard InChI is InChI=1S/C22H35N5O.HI/c1-4-23-22(24-13-15-26(17(2)3)19-11-12-19)25-16-18-7-9-20(10-8-18)27-14-5-6-21(27)28;/h7-10,17,19H,4-6,11-16H2,1-3H3,(H2,23,24,25);1H. The van der Waals surface area contributed by atoms with Crippen molar-refractivity contribution >= 4 is 41.5 Å². The van der Waals surface area contributed by atoms with Gasteiger partial charge in [-0.2, -0.15) is 0 Å². The predicted molar refractivity (Wildman–Crippen MR) is 131 cm³/mol. The van der Waals surface area contributed by atoms with Gasteiger partial charge in [-0.15, -0.1) is 24.0 Å². The molecule has 0 unspecified atom stereocenters. The van der Waals surface area contributed by atoms with Crippen LogP contribution in [0.5, 0.6) is 0 Å². The number of nitrogens with zero attached hydrogens (tertiary/aromatic N) is 3. The van der Waals surface area contributed by atoms with E-state index in [1.54, 1.807) is 0 Å². The molecule has 1 heterocycles. The van der Waals surface area contributed by atoms with Gasteiger partial charge in [0.05, 0.1) is 6.54 Å². The molecule has 3 rings (SSSR count). The van der Waals surface area contributed by atoms with Gasteiger partial charge in [0.1, 0.15) is 0 Å². The van der Waals surface area contributed by atoms with Crippen molar-refractivity contribution < 1.29 is 4.79 Å². The molecule has 1 aliphatic heterocycles. The molecular weight excluding hydrogens is 477 g/mol. The van der Waals surface area contributed by atoms with E-state index in [9.17, 15) is 4.79 Å². The molecule has 2 fully saturated rings. The van der Waals surface area contributed by atoms with Crippen molar-refractivity contribution in [2.45, 2.75) is 65.1 Å². The summed E-state index contributed by atoms with van der Waals surface area (Å²) in [5, 5.41) is 6.80. The van der Waals surface area contributed by atoms with Gasteiger partial charge in [0.2, 0.25) is 5.91 Å². The number of carbonyl (C=O) groups is 1. The first-order chi connectivity index (χ1) is 13.6. The number of halogens is 1. The molecule has 2 N–H and O–H groups in total. The van der Waals surface area contributed by atoms with E-state index in [-0.39, 0.29) is 29.9 Å². The highest BCUT2D eigenvalue weighted by atomic mass is 127. The van der Waals surface area contributed by atoms with Crippen LogP contribution in [0.25, 0.3) is 0 Å². The van der Waals surface area contributed by atoms with Gasteiger partial charge >= 0.3 is 0 Å². The minimum atomic E-state index is 0. The zero-order chi connectivity index (χ0) is 19.9. The van der Waals surface area contributed by atoms with Crippen LogP contribution in [0.3, 0.4) is 0 Å². The number of carbonyl (C=O) groups excluding carboxylic acids is 1. The lowest BCUT2D eigenvalue weighted by atomic mass is 10.2. The van der Waals surface area contributed by atoms with E-state index >= 15 is 0 Å². The number of amides is 1. The molecule has 0 aromatic heterocycles. The molecule has 1 amide bonds. The largest absolute Gasteiger partial charge is 0.357 e. The van der Waals surface area contributed by atoms with Crippen LogP contribution in [0.15, 0.2) is 29.3 Å². The van der Waals surface area contributed by atoms with E-state index in [1.165, 1.54) is 12.8 Å². The summed E-state index contributed by atoms with van der Waals surface area (Å²) in [6.45, 7) is 10.9. The molecule has 1 saturated heterocycles. The van der Waals surface area contributed by atoms with Crippen LogP contribution < -0.4 is 15.5 Å². The lowest BCUT2D eigenvalue weighted by molar-refractivity contribution is -0.117. The molecule has 6 nitrogen and oxygen atoms in total. The van der Waals surface area contributed by atoms with Crippen molar-refractivity contribution in [2.75, 3.05) is 31.1 Å². The molecule has 0 radical (unpaired) electrons. The zero-order valence-corrected chi connectivity index (χ0v) is 20.3. The van der Waals surface area contributed by atoms with Gasteiger partial charge < -0.3 is 15.5 Å². The Morgan fingerprint density at radius 1 is 1.24 bits per heavy atom. The third-order valence-corrected chi connectivity index (χ3v) is 5.43. The Balaban J connectivity index is 0.00000300. The van der Waals surface area contributed by atoms with Crippen molar-refractivity contribution in [3.05, 3.63) is 29.8 Å². The maximum Gasteiger partial charge on any atom is 0.227 e. The number of nitrogens with one attached hydrogen (secondary N) is 2. The number of anilines is 1. The van der Waals surface area contributed by atoms with Crippen LogP contribution in [0.2, 0.25) is 0 Å². The van der Waals surface area contributed by atoms with Crippen molar-refractivity contribution in [2.24, 2.45) is 4.99 Å². The van der Waals surface area contributed by atoms with E-state index in [1.807, 2.05) is 17.0 Å². The van der Waals surface area contributed by atoms with E-state index < -0.39 is 0 Å². The number of hydrogen-bond donors (Lipinski definition) is 2. The Bertz CT molecular complexity index is 670. The maximum absolute atomic E-state index is 11.9. The average Bonchev–Trinajstić information content (AvgIpc) is 3.43. The van der Waals surface area contributed by atoms with E-state index in [4.69, 9.17) is 4.99 Å². The van der Waals surface area contributed by atoms with Gasteiger partial charge in [0, 0.05) is 50.4 Å². The lowest BCUT2D eigenvalue weighted by Crippen LogP contribution is -2.43. The van der Waals surface area contributed by atoms with Crippen LogP contribution >= 0.6 is 24.0 Å². The maximum atomic E-state index is 11.9. The van der Waals surface area contributed by atoms with Gasteiger partial charge in [-0.25, -0.2) is 4.99 Å². The first-order valence-electron chi connectivity index (χ1n) is 10.8. The summed E-state index contributed by atoms with van der Waals surface area (Å²) in [5.41, 5.74) is 2.14. The van der Waals surface area contributed by atoms with E-state index in [2.05, 4.69) is 48.4 Å². The van der Waals surface area contributed by atoms with E-state index in [0.717, 1.165) is 55.9 Å². The highest BCUT2D eigenvalue weighted by Crippen LogP contribution is 2.28. The molecular formula is C22H36IN5O. The predicted octanol–water partition coefficient (Wildman–Crippen LogP) is 3.36. The molecule has 1 aliphatic carbocycles. The van der Waals surface area contributed by atoms with Crippen LogP contribution in [0, 0.1) is 0 Å². The van der Waals surface area contributed by atoms with Crippen LogP contribution in [0.1, 0.15) is 52.0 Å². The minimum Gasteiger partial charge on any atom is -0.357 e. The summed E-state index contributed by atoms with van der Waals surface area (Å²) >= 11 is 0. The first-order valence-corrected chi connectivity index (χ1v) is 10.8. The molecule has 0 atom stereocenters. The average molecular weight is 513 g/mol. The second-order valence-electron chi connectivity index (χ2n) is 8.00.